The van der Waals surface area contributed by atoms with Crippen LogP contribution in [0.25, 0.3) is 0 Å². The molecule has 0 bridgehead atoms. The molecule has 0 heterocycles. The highest BCUT2D eigenvalue weighted by Gasteiger charge is 2.06. The van der Waals surface area contributed by atoms with Gasteiger partial charge in [-0.3, -0.25) is 0 Å². The summed E-state index contributed by atoms with van der Waals surface area (Å²) in [5.74, 6) is -1.36. The third-order valence-electron chi connectivity index (χ3n) is 2.60. The van der Waals surface area contributed by atoms with Gasteiger partial charge in [-0.05, 0) is 36.8 Å². The molecule has 6 heteroatoms. The van der Waals surface area contributed by atoms with Crippen LogP contribution < -0.4 is 0 Å². The minimum absolute atomic E-state index is 0.0192. The van der Waals surface area contributed by atoms with Crippen molar-refractivity contribution in [1.82, 2.24) is 0 Å². The summed E-state index contributed by atoms with van der Waals surface area (Å²) < 4.78 is 27.9. The number of azo groups is 1. The monoisotopic (exact) mass is 402 g/mol. The van der Waals surface area contributed by atoms with E-state index in [0.717, 1.165) is 32.2 Å². The zero-order chi connectivity index (χ0) is 14.7. The summed E-state index contributed by atoms with van der Waals surface area (Å²) in [6.07, 6.45) is 0. The first-order chi connectivity index (χ1) is 9.47. The van der Waals surface area contributed by atoms with Crippen LogP contribution in [-0.4, -0.2) is 0 Å². The van der Waals surface area contributed by atoms with E-state index in [-0.39, 0.29) is 12.2 Å². The van der Waals surface area contributed by atoms with Gasteiger partial charge >= 0.3 is 0 Å². The van der Waals surface area contributed by atoms with Crippen LogP contribution in [0.4, 0.5) is 14.5 Å². The SMILES string of the molecule is Cc1cc(Br)c(CN=Nc2ccc(F)cc2F)c(Br)c1. The van der Waals surface area contributed by atoms with Crippen molar-refractivity contribution >= 4 is 37.5 Å². The average molecular weight is 404 g/mol. The lowest BCUT2D eigenvalue weighted by atomic mass is 10.1. The topological polar surface area (TPSA) is 24.7 Å². The highest BCUT2D eigenvalue weighted by Crippen LogP contribution is 2.28. The van der Waals surface area contributed by atoms with Gasteiger partial charge in [0.15, 0.2) is 5.82 Å². The maximum atomic E-state index is 13.4. The molecule has 0 fully saturated rings. The molecule has 0 N–H and O–H groups in total. The summed E-state index contributed by atoms with van der Waals surface area (Å²) in [4.78, 5) is 0. The molecule has 0 saturated heterocycles. The second-order valence-corrected chi connectivity index (χ2v) is 5.91. The first-order valence-electron chi connectivity index (χ1n) is 5.74. The molecule has 0 amide bonds. The fourth-order valence-corrected chi connectivity index (χ4v) is 3.29. The molecule has 0 aliphatic heterocycles. The van der Waals surface area contributed by atoms with Crippen molar-refractivity contribution in [3.8, 4) is 0 Å². The minimum Gasteiger partial charge on any atom is -0.207 e. The summed E-state index contributed by atoms with van der Waals surface area (Å²) in [6, 6.07) is 7.12. The van der Waals surface area contributed by atoms with E-state index in [2.05, 4.69) is 42.1 Å². The van der Waals surface area contributed by atoms with Crippen molar-refractivity contribution in [1.29, 1.82) is 0 Å². The molecule has 0 spiro atoms. The quantitative estimate of drug-likeness (QED) is 0.554. The number of rotatable bonds is 3. The Morgan fingerprint density at radius 2 is 1.70 bits per heavy atom. The van der Waals surface area contributed by atoms with Gasteiger partial charge in [0.05, 0.1) is 6.54 Å². The summed E-state index contributed by atoms with van der Waals surface area (Å²) >= 11 is 6.91. The Kier molecular flexibility index (Phi) is 4.99. The smallest absolute Gasteiger partial charge is 0.153 e. The van der Waals surface area contributed by atoms with Crippen LogP contribution >= 0.6 is 31.9 Å². The van der Waals surface area contributed by atoms with Gasteiger partial charge in [-0.2, -0.15) is 10.2 Å². The minimum atomic E-state index is -0.726. The molecule has 0 aromatic heterocycles. The van der Waals surface area contributed by atoms with Crippen molar-refractivity contribution in [2.24, 2.45) is 10.2 Å². The van der Waals surface area contributed by atoms with E-state index in [9.17, 15) is 8.78 Å². The van der Waals surface area contributed by atoms with E-state index in [4.69, 9.17) is 0 Å². The van der Waals surface area contributed by atoms with Crippen LogP contribution in [0.5, 0.6) is 0 Å². The van der Waals surface area contributed by atoms with E-state index < -0.39 is 11.6 Å². The van der Waals surface area contributed by atoms with Crippen molar-refractivity contribution in [2.45, 2.75) is 13.5 Å². The summed E-state index contributed by atoms with van der Waals surface area (Å²) in [6.45, 7) is 2.27. The molecule has 0 atom stereocenters. The van der Waals surface area contributed by atoms with Crippen LogP contribution in [0, 0.1) is 18.6 Å². The fourth-order valence-electron chi connectivity index (χ4n) is 1.63. The first kappa shape index (κ1) is 15.3. The van der Waals surface area contributed by atoms with Gasteiger partial charge in [0.2, 0.25) is 0 Å². The summed E-state index contributed by atoms with van der Waals surface area (Å²) in [5.41, 5.74) is 2.04. The van der Waals surface area contributed by atoms with E-state index in [1.165, 1.54) is 6.07 Å². The van der Waals surface area contributed by atoms with Gasteiger partial charge < -0.3 is 0 Å². The molecular weight excluding hydrogens is 394 g/mol. The van der Waals surface area contributed by atoms with E-state index in [0.29, 0.717) is 0 Å². The zero-order valence-electron chi connectivity index (χ0n) is 10.5. The van der Waals surface area contributed by atoms with Crippen molar-refractivity contribution < 1.29 is 8.78 Å². The Morgan fingerprint density at radius 1 is 1.05 bits per heavy atom. The standard InChI is InChI=1S/C14H10Br2F2N2/c1-8-4-11(15)10(12(16)5-8)7-19-20-14-3-2-9(17)6-13(14)18/h2-6H,7H2,1H3. The molecule has 104 valence electrons. The maximum Gasteiger partial charge on any atom is 0.153 e. The molecule has 2 rings (SSSR count). The number of halogens is 4. The number of hydrogen-bond donors (Lipinski definition) is 0. The first-order valence-corrected chi connectivity index (χ1v) is 7.33. The fraction of sp³-hybridized carbons (Fsp3) is 0.143. The van der Waals surface area contributed by atoms with E-state index in [1.807, 2.05) is 19.1 Å². The van der Waals surface area contributed by atoms with E-state index >= 15 is 0 Å². The van der Waals surface area contributed by atoms with Gasteiger partial charge in [0.25, 0.3) is 0 Å². The van der Waals surface area contributed by atoms with Gasteiger partial charge in [0.1, 0.15) is 11.5 Å². The molecular formula is C14H10Br2F2N2. The maximum absolute atomic E-state index is 13.4. The van der Waals surface area contributed by atoms with Gasteiger partial charge in [-0.25, -0.2) is 8.78 Å². The average Bonchev–Trinajstić information content (AvgIpc) is 2.34. The molecule has 0 unspecified atom stereocenters. The van der Waals surface area contributed by atoms with Crippen LogP contribution in [0.2, 0.25) is 0 Å². The second kappa shape index (κ2) is 6.54. The Bertz CT molecular complexity index is 649. The highest BCUT2D eigenvalue weighted by atomic mass is 79.9. The van der Waals surface area contributed by atoms with Crippen LogP contribution in [0.1, 0.15) is 11.1 Å². The number of hydrogen-bond acceptors (Lipinski definition) is 2. The Hall–Kier alpha value is -1.14. The second-order valence-electron chi connectivity index (χ2n) is 4.20. The number of nitrogens with zero attached hydrogens (tertiary/aromatic N) is 2. The normalized spacial score (nSPS) is 11.2. The lowest BCUT2D eigenvalue weighted by Gasteiger charge is -2.05. The highest BCUT2D eigenvalue weighted by molar-refractivity contribution is 9.11. The predicted molar refractivity (Wildman–Crippen MR) is 81.2 cm³/mol. The molecule has 0 saturated carbocycles. The molecule has 0 aliphatic rings. The molecule has 2 aromatic rings. The van der Waals surface area contributed by atoms with Gasteiger partial charge in [-0.1, -0.05) is 31.9 Å². The van der Waals surface area contributed by atoms with Crippen LogP contribution in [-0.2, 0) is 6.54 Å². The third-order valence-corrected chi connectivity index (χ3v) is 4.02. The predicted octanol–water partition coefficient (Wildman–Crippen LogP) is 6.08. The Labute approximate surface area is 132 Å². The van der Waals surface area contributed by atoms with Gasteiger partial charge in [0, 0.05) is 20.6 Å². The van der Waals surface area contributed by atoms with E-state index in [1.54, 1.807) is 0 Å². The van der Waals surface area contributed by atoms with Crippen LogP contribution in [0.3, 0.4) is 0 Å². The molecule has 20 heavy (non-hydrogen) atoms. The van der Waals surface area contributed by atoms with Gasteiger partial charge in [-0.15, -0.1) is 0 Å². The number of aryl methyl sites for hydroxylation is 1. The summed E-state index contributed by atoms with van der Waals surface area (Å²) in [5, 5.41) is 7.74. The number of benzene rings is 2. The zero-order valence-corrected chi connectivity index (χ0v) is 13.7. The third kappa shape index (κ3) is 3.70. The van der Waals surface area contributed by atoms with Crippen molar-refractivity contribution in [3.05, 3.63) is 62.0 Å². The largest absolute Gasteiger partial charge is 0.207 e. The van der Waals surface area contributed by atoms with Crippen LogP contribution in [0.15, 0.2) is 49.5 Å². The Balaban J connectivity index is 2.18. The molecule has 2 nitrogen and oxygen atoms in total. The molecule has 0 aliphatic carbocycles. The Morgan fingerprint density at radius 3 is 2.30 bits per heavy atom. The molecule has 2 aromatic carbocycles. The summed E-state index contributed by atoms with van der Waals surface area (Å²) in [7, 11) is 0. The lowest BCUT2D eigenvalue weighted by molar-refractivity contribution is 0.583. The lowest BCUT2D eigenvalue weighted by Crippen LogP contribution is -1.87. The molecule has 0 radical (unpaired) electrons. The van der Waals surface area contributed by atoms with Crippen molar-refractivity contribution in [2.75, 3.05) is 0 Å². The van der Waals surface area contributed by atoms with Crippen molar-refractivity contribution in [3.63, 3.8) is 0 Å².